The molecule has 0 N–H and O–H groups in total. The Kier molecular flexibility index (Phi) is 8.04. The van der Waals surface area contributed by atoms with Crippen molar-refractivity contribution in [1.82, 2.24) is 0 Å². The molecule has 0 saturated heterocycles. The van der Waals surface area contributed by atoms with Crippen LogP contribution in [0.2, 0.25) is 0 Å². The van der Waals surface area contributed by atoms with Crippen LogP contribution >= 0.6 is 0 Å². The highest BCUT2D eigenvalue weighted by molar-refractivity contribution is 4.94. The lowest BCUT2D eigenvalue weighted by Gasteiger charge is -2.13. The Morgan fingerprint density at radius 2 is 2.07 bits per heavy atom. The van der Waals surface area contributed by atoms with E-state index in [-0.39, 0.29) is 25.7 Å². The Morgan fingerprint density at radius 1 is 1.40 bits per heavy atom. The molecule has 0 aliphatic rings. The van der Waals surface area contributed by atoms with E-state index in [1.807, 2.05) is 0 Å². The van der Waals surface area contributed by atoms with Gasteiger partial charge in [-0.15, -0.1) is 6.58 Å². The number of hydrogen-bond donors (Lipinski definition) is 0. The Hall–Kier alpha value is -0.810. The highest BCUT2D eigenvalue weighted by atomic mass is 19.3. The Bertz CT molecular complexity index is 213. The SMILES string of the molecule is C=CCC(COCOC)CC(F)=C(F)F. The molecule has 0 aromatic rings. The molecule has 0 aliphatic carbocycles. The van der Waals surface area contributed by atoms with E-state index in [4.69, 9.17) is 4.74 Å². The van der Waals surface area contributed by atoms with Crippen LogP contribution in [0.15, 0.2) is 24.6 Å². The van der Waals surface area contributed by atoms with Gasteiger partial charge in [-0.2, -0.15) is 8.78 Å². The number of rotatable bonds is 8. The summed E-state index contributed by atoms with van der Waals surface area (Å²) in [6, 6.07) is 0. The molecule has 0 radical (unpaired) electrons. The number of hydrogen-bond acceptors (Lipinski definition) is 2. The molecule has 0 bridgehead atoms. The number of halogens is 3. The van der Waals surface area contributed by atoms with Gasteiger partial charge in [-0.25, -0.2) is 4.39 Å². The summed E-state index contributed by atoms with van der Waals surface area (Å²) >= 11 is 0. The highest BCUT2D eigenvalue weighted by Gasteiger charge is 2.14. The van der Waals surface area contributed by atoms with E-state index in [9.17, 15) is 13.2 Å². The molecule has 0 fully saturated rings. The molecule has 1 unspecified atom stereocenters. The summed E-state index contributed by atoms with van der Waals surface area (Å²) in [6.07, 6.45) is -0.636. The van der Waals surface area contributed by atoms with Gasteiger partial charge in [0.25, 0.3) is 0 Å². The third kappa shape index (κ3) is 7.16. The van der Waals surface area contributed by atoms with Crippen molar-refractivity contribution < 1.29 is 22.6 Å². The molecular formula is C10H15F3O2. The summed E-state index contributed by atoms with van der Waals surface area (Å²) in [5, 5.41) is 0. The van der Waals surface area contributed by atoms with Crippen molar-refractivity contribution in [3.63, 3.8) is 0 Å². The molecule has 0 amide bonds. The molecule has 0 rings (SSSR count). The molecule has 0 aromatic carbocycles. The van der Waals surface area contributed by atoms with Gasteiger partial charge in [0.15, 0.2) is 5.83 Å². The third-order valence-electron chi connectivity index (χ3n) is 1.73. The highest BCUT2D eigenvalue weighted by Crippen LogP contribution is 2.21. The standard InChI is InChI=1S/C10H15F3O2/c1-3-4-8(6-15-7-14-2)5-9(11)10(12)13/h3,8H,1,4-7H2,2H3. The molecule has 1 atom stereocenters. The van der Waals surface area contributed by atoms with E-state index in [0.29, 0.717) is 6.42 Å². The van der Waals surface area contributed by atoms with Crippen LogP contribution in [0, 0.1) is 5.92 Å². The lowest BCUT2D eigenvalue weighted by molar-refractivity contribution is -0.0435. The normalized spacial score (nSPS) is 12.3. The van der Waals surface area contributed by atoms with Crippen LogP contribution in [0.3, 0.4) is 0 Å². The average molecular weight is 224 g/mol. The number of allylic oxidation sites excluding steroid dienone is 2. The molecule has 2 nitrogen and oxygen atoms in total. The fourth-order valence-corrected chi connectivity index (χ4v) is 1.07. The first-order chi connectivity index (χ1) is 7.11. The summed E-state index contributed by atoms with van der Waals surface area (Å²) < 4.78 is 45.9. The predicted molar refractivity (Wildman–Crippen MR) is 51.1 cm³/mol. The number of methoxy groups -OCH3 is 1. The maximum Gasteiger partial charge on any atom is 0.301 e. The molecule has 0 spiro atoms. The maximum absolute atomic E-state index is 12.6. The minimum absolute atomic E-state index is 0.0666. The van der Waals surface area contributed by atoms with E-state index in [2.05, 4.69) is 11.3 Å². The van der Waals surface area contributed by atoms with Gasteiger partial charge in [-0.1, -0.05) is 6.08 Å². The van der Waals surface area contributed by atoms with E-state index in [1.165, 1.54) is 7.11 Å². The molecule has 0 heterocycles. The van der Waals surface area contributed by atoms with E-state index in [1.54, 1.807) is 6.08 Å². The topological polar surface area (TPSA) is 18.5 Å². The van der Waals surface area contributed by atoms with Crippen molar-refractivity contribution >= 4 is 0 Å². The second-order valence-corrected chi connectivity index (χ2v) is 3.04. The summed E-state index contributed by atoms with van der Waals surface area (Å²) in [6.45, 7) is 3.70. The van der Waals surface area contributed by atoms with Gasteiger partial charge in [0.1, 0.15) is 6.79 Å². The second kappa shape index (κ2) is 8.49. The van der Waals surface area contributed by atoms with Gasteiger partial charge in [-0.05, 0) is 12.3 Å². The molecule has 0 saturated carbocycles. The van der Waals surface area contributed by atoms with Crippen molar-refractivity contribution in [3.05, 3.63) is 24.6 Å². The monoisotopic (exact) mass is 224 g/mol. The minimum Gasteiger partial charge on any atom is -0.359 e. The van der Waals surface area contributed by atoms with Crippen LogP contribution in [0.4, 0.5) is 13.2 Å². The quantitative estimate of drug-likeness (QED) is 0.358. The summed E-state index contributed by atoms with van der Waals surface area (Å²) in [4.78, 5) is 0. The molecule has 0 aliphatic heterocycles. The molecule has 5 heteroatoms. The van der Waals surface area contributed by atoms with Crippen molar-refractivity contribution in [2.24, 2.45) is 5.92 Å². The predicted octanol–water partition coefficient (Wildman–Crippen LogP) is 3.27. The first kappa shape index (κ1) is 14.2. The zero-order chi connectivity index (χ0) is 11.7. The minimum atomic E-state index is -2.27. The summed E-state index contributed by atoms with van der Waals surface area (Å²) in [5.41, 5.74) is 0. The Morgan fingerprint density at radius 3 is 2.53 bits per heavy atom. The largest absolute Gasteiger partial charge is 0.359 e. The zero-order valence-electron chi connectivity index (χ0n) is 8.64. The fraction of sp³-hybridized carbons (Fsp3) is 0.600. The van der Waals surface area contributed by atoms with Crippen LogP contribution in [-0.2, 0) is 9.47 Å². The van der Waals surface area contributed by atoms with Gasteiger partial charge in [0.05, 0.1) is 6.61 Å². The maximum atomic E-state index is 12.6. The number of ether oxygens (including phenoxy) is 2. The summed E-state index contributed by atoms with van der Waals surface area (Å²) in [7, 11) is 1.45. The fourth-order valence-electron chi connectivity index (χ4n) is 1.07. The van der Waals surface area contributed by atoms with Crippen molar-refractivity contribution in [3.8, 4) is 0 Å². The van der Waals surface area contributed by atoms with Crippen LogP contribution in [0.5, 0.6) is 0 Å². The van der Waals surface area contributed by atoms with Crippen LogP contribution in [0.25, 0.3) is 0 Å². The lowest BCUT2D eigenvalue weighted by atomic mass is 10.0. The van der Waals surface area contributed by atoms with Gasteiger partial charge in [0.2, 0.25) is 0 Å². The van der Waals surface area contributed by atoms with E-state index in [0.717, 1.165) is 0 Å². The lowest BCUT2D eigenvalue weighted by Crippen LogP contribution is -2.11. The smallest absolute Gasteiger partial charge is 0.301 e. The van der Waals surface area contributed by atoms with Crippen LogP contribution in [0.1, 0.15) is 12.8 Å². The Balaban J connectivity index is 4.03. The molecule has 0 aromatic heterocycles. The van der Waals surface area contributed by atoms with E-state index < -0.39 is 11.9 Å². The average Bonchev–Trinajstić information content (AvgIpc) is 2.18. The summed E-state index contributed by atoms with van der Waals surface area (Å²) in [5.74, 6) is -1.72. The van der Waals surface area contributed by atoms with Crippen molar-refractivity contribution in [1.29, 1.82) is 0 Å². The first-order valence-corrected chi connectivity index (χ1v) is 4.49. The van der Waals surface area contributed by atoms with Crippen LogP contribution < -0.4 is 0 Å². The molecule has 15 heavy (non-hydrogen) atoms. The van der Waals surface area contributed by atoms with Crippen molar-refractivity contribution in [2.45, 2.75) is 12.8 Å². The van der Waals surface area contributed by atoms with Gasteiger partial charge in [0, 0.05) is 13.5 Å². The van der Waals surface area contributed by atoms with Crippen LogP contribution in [-0.4, -0.2) is 20.5 Å². The first-order valence-electron chi connectivity index (χ1n) is 4.49. The van der Waals surface area contributed by atoms with Gasteiger partial charge < -0.3 is 9.47 Å². The molecular weight excluding hydrogens is 209 g/mol. The van der Waals surface area contributed by atoms with Gasteiger partial charge >= 0.3 is 6.08 Å². The van der Waals surface area contributed by atoms with E-state index >= 15 is 0 Å². The Labute approximate surface area is 87.4 Å². The zero-order valence-corrected chi connectivity index (χ0v) is 8.64. The second-order valence-electron chi connectivity index (χ2n) is 3.04. The molecule has 88 valence electrons. The van der Waals surface area contributed by atoms with Gasteiger partial charge in [-0.3, -0.25) is 0 Å². The van der Waals surface area contributed by atoms with Crippen molar-refractivity contribution in [2.75, 3.05) is 20.5 Å². The third-order valence-corrected chi connectivity index (χ3v) is 1.73.